The predicted molar refractivity (Wildman–Crippen MR) is 39.5 cm³/mol. The van der Waals surface area contributed by atoms with E-state index in [0.29, 0.717) is 5.41 Å². The Morgan fingerprint density at radius 2 is 2.40 bits per heavy atom. The molecular weight excluding hydrogens is 120 g/mol. The quantitative estimate of drug-likeness (QED) is 0.444. The van der Waals surface area contributed by atoms with Crippen molar-refractivity contribution in [2.45, 2.75) is 26.2 Å². The van der Waals surface area contributed by atoms with E-state index < -0.39 is 0 Å². The van der Waals surface area contributed by atoms with Crippen molar-refractivity contribution in [3.63, 3.8) is 0 Å². The van der Waals surface area contributed by atoms with Gasteiger partial charge in [0.05, 0.1) is 0 Å². The molecule has 52 valence electrons. The molecule has 3 saturated carbocycles. The fraction of sp³-hybridized carbons (Fsp3) is 0.800. The van der Waals surface area contributed by atoms with Crippen molar-refractivity contribution >= 4 is 0 Å². The molecule has 4 unspecified atom stereocenters. The van der Waals surface area contributed by atoms with Crippen LogP contribution < -0.4 is 0 Å². The zero-order valence-electron chi connectivity index (χ0n) is 6.35. The van der Waals surface area contributed by atoms with Gasteiger partial charge in [0.25, 0.3) is 0 Å². The Hall–Kier alpha value is -0.260. The first-order chi connectivity index (χ1) is 4.75. The predicted octanol–water partition coefficient (Wildman–Crippen LogP) is 2.36. The van der Waals surface area contributed by atoms with Crippen molar-refractivity contribution < 1.29 is 0 Å². The third-order valence-corrected chi connectivity index (χ3v) is 4.62. The maximum Gasteiger partial charge on any atom is -0.00516 e. The van der Waals surface area contributed by atoms with Gasteiger partial charge in [0, 0.05) is 0 Å². The van der Waals surface area contributed by atoms with Gasteiger partial charge in [-0.3, -0.25) is 0 Å². The van der Waals surface area contributed by atoms with Crippen LogP contribution in [0.5, 0.6) is 0 Å². The average molecular weight is 132 g/mol. The van der Waals surface area contributed by atoms with Crippen LogP contribution in [0.3, 0.4) is 0 Å². The molecule has 1 spiro atoms. The van der Waals surface area contributed by atoms with Gasteiger partial charge < -0.3 is 0 Å². The minimum absolute atomic E-state index is 0.705. The molecule has 0 aromatic heterocycles. The Kier molecular flexibility index (Phi) is 0.392. The Morgan fingerprint density at radius 3 is 3.00 bits per heavy atom. The molecule has 0 amide bonds. The largest absolute Gasteiger partial charge is 0.0784 e. The summed E-state index contributed by atoms with van der Waals surface area (Å²) >= 11 is 0. The fourth-order valence-corrected chi connectivity index (χ4v) is 4.40. The zero-order chi connectivity index (χ0) is 6.56. The lowest BCUT2D eigenvalue weighted by molar-refractivity contribution is 0.116. The molecule has 0 saturated heterocycles. The molecule has 0 bridgehead atoms. The molecule has 0 heteroatoms. The summed E-state index contributed by atoms with van der Waals surface area (Å²) in [6, 6.07) is 0. The molecule has 10 heavy (non-hydrogen) atoms. The minimum atomic E-state index is 0.705. The first-order valence-corrected chi connectivity index (χ1v) is 4.46. The van der Waals surface area contributed by atoms with E-state index in [1.807, 2.05) is 5.57 Å². The summed E-state index contributed by atoms with van der Waals surface area (Å²) in [6.07, 6.45) is 7.18. The van der Waals surface area contributed by atoms with Gasteiger partial charge >= 0.3 is 0 Å². The van der Waals surface area contributed by atoms with Gasteiger partial charge in [-0.25, -0.2) is 0 Å². The molecule has 0 aliphatic heterocycles. The van der Waals surface area contributed by atoms with E-state index in [-0.39, 0.29) is 0 Å². The second-order valence-corrected chi connectivity index (χ2v) is 5.17. The summed E-state index contributed by atoms with van der Waals surface area (Å²) < 4.78 is 0. The molecule has 0 heterocycles. The first-order valence-electron chi connectivity index (χ1n) is 4.46. The van der Waals surface area contributed by atoms with Crippen LogP contribution in [0.4, 0.5) is 0 Å². The van der Waals surface area contributed by atoms with Gasteiger partial charge in [0.1, 0.15) is 0 Å². The van der Waals surface area contributed by atoms with E-state index in [2.05, 4.69) is 13.0 Å². The Labute approximate surface area is 61.3 Å². The highest BCUT2D eigenvalue weighted by Crippen LogP contribution is 2.87. The summed E-state index contributed by atoms with van der Waals surface area (Å²) in [7, 11) is 0. The van der Waals surface area contributed by atoms with E-state index >= 15 is 0 Å². The van der Waals surface area contributed by atoms with Crippen molar-refractivity contribution in [1.29, 1.82) is 0 Å². The van der Waals surface area contributed by atoms with E-state index in [1.54, 1.807) is 6.42 Å². The summed E-state index contributed by atoms with van der Waals surface area (Å²) in [4.78, 5) is 0. The van der Waals surface area contributed by atoms with Crippen LogP contribution in [-0.2, 0) is 0 Å². The molecular formula is C10H12. The van der Waals surface area contributed by atoms with Crippen LogP contribution in [0.2, 0.25) is 0 Å². The highest BCUT2D eigenvalue weighted by atomic mass is 14.8. The second kappa shape index (κ2) is 0.855. The molecule has 0 aromatic carbocycles. The van der Waals surface area contributed by atoms with Crippen LogP contribution >= 0.6 is 0 Å². The number of hydrogen-bond acceptors (Lipinski definition) is 0. The maximum atomic E-state index is 2.56. The molecule has 3 fully saturated rings. The van der Waals surface area contributed by atoms with Crippen molar-refractivity contribution in [1.82, 2.24) is 0 Å². The van der Waals surface area contributed by atoms with E-state index in [1.165, 1.54) is 12.8 Å². The fourth-order valence-electron chi connectivity index (χ4n) is 4.40. The van der Waals surface area contributed by atoms with Crippen LogP contribution in [0.1, 0.15) is 26.2 Å². The molecule has 0 nitrogen and oxygen atoms in total. The van der Waals surface area contributed by atoms with Crippen molar-refractivity contribution in [2.75, 3.05) is 0 Å². The number of rotatable bonds is 0. The van der Waals surface area contributed by atoms with Crippen molar-refractivity contribution in [2.24, 2.45) is 22.7 Å². The summed E-state index contributed by atoms with van der Waals surface area (Å²) in [6.45, 7) is 2.47. The van der Waals surface area contributed by atoms with Crippen LogP contribution in [0.25, 0.3) is 0 Å². The molecule has 4 aliphatic rings. The normalized spacial score (nSPS) is 72.7. The number of hydrogen-bond donors (Lipinski definition) is 0. The van der Waals surface area contributed by atoms with Gasteiger partial charge in [0.2, 0.25) is 0 Å². The molecule has 0 N–H and O–H groups in total. The standard InChI is InChI=1S/C10H12/c1-9-2-6-3-10(8(6)9)5-7(10)4-9/h2,7-8H,3-5H2,1H3. The Balaban J connectivity index is 2.00. The smallest absolute Gasteiger partial charge is 0.00516 e. The summed E-state index contributed by atoms with van der Waals surface area (Å²) in [5.41, 5.74) is 3.44. The van der Waals surface area contributed by atoms with Crippen molar-refractivity contribution in [3.05, 3.63) is 11.6 Å². The Morgan fingerprint density at radius 1 is 1.50 bits per heavy atom. The van der Waals surface area contributed by atoms with E-state index in [9.17, 15) is 0 Å². The average Bonchev–Trinajstić information content (AvgIpc) is 2.35. The highest BCUT2D eigenvalue weighted by molar-refractivity contribution is 5.48. The van der Waals surface area contributed by atoms with Gasteiger partial charge in [0.15, 0.2) is 0 Å². The van der Waals surface area contributed by atoms with Gasteiger partial charge in [-0.15, -0.1) is 0 Å². The lowest BCUT2D eigenvalue weighted by atomic mass is 9.50. The van der Waals surface area contributed by atoms with Gasteiger partial charge in [-0.1, -0.05) is 18.6 Å². The number of allylic oxidation sites excluding steroid dienone is 2. The van der Waals surface area contributed by atoms with Gasteiger partial charge in [-0.05, 0) is 41.9 Å². The monoisotopic (exact) mass is 132 g/mol. The minimum Gasteiger partial charge on any atom is -0.0784 e. The van der Waals surface area contributed by atoms with Crippen molar-refractivity contribution in [3.8, 4) is 0 Å². The lowest BCUT2D eigenvalue weighted by Gasteiger charge is -2.54. The molecule has 0 aromatic rings. The molecule has 0 radical (unpaired) electrons. The van der Waals surface area contributed by atoms with Crippen LogP contribution in [0, 0.1) is 22.7 Å². The van der Waals surface area contributed by atoms with E-state index in [4.69, 9.17) is 0 Å². The topological polar surface area (TPSA) is 0 Å². The SMILES string of the molecule is CC12C=C3CC4(CC4C1)C32. The first kappa shape index (κ1) is 4.58. The lowest BCUT2D eigenvalue weighted by Crippen LogP contribution is -2.46. The van der Waals surface area contributed by atoms with Crippen LogP contribution in [-0.4, -0.2) is 0 Å². The molecule has 4 atom stereocenters. The Bertz CT molecular complexity index is 276. The maximum absolute atomic E-state index is 2.56. The summed E-state index contributed by atoms with van der Waals surface area (Å²) in [5.74, 6) is 2.25. The zero-order valence-corrected chi connectivity index (χ0v) is 6.35. The highest BCUT2D eigenvalue weighted by Gasteiger charge is 2.78. The summed E-state index contributed by atoms with van der Waals surface area (Å²) in [5, 5.41) is 0. The third kappa shape index (κ3) is 0.223. The van der Waals surface area contributed by atoms with E-state index in [0.717, 1.165) is 17.3 Å². The molecule has 4 aliphatic carbocycles. The second-order valence-electron chi connectivity index (χ2n) is 5.17. The van der Waals surface area contributed by atoms with Gasteiger partial charge in [-0.2, -0.15) is 0 Å². The molecule has 4 rings (SSSR count). The van der Waals surface area contributed by atoms with Crippen LogP contribution in [0.15, 0.2) is 11.6 Å². The third-order valence-electron chi connectivity index (χ3n) is 4.62.